The standard InChI is InChI=1S/C11H17BrN2O2S/c1-8(2)13-17(15,16)14-9(3)10-5-4-6-11(12)7-10/h4-9,13-14H,1-3H3. The molecule has 1 aromatic rings. The van der Waals surface area contributed by atoms with Gasteiger partial charge in [0.1, 0.15) is 0 Å². The highest BCUT2D eigenvalue weighted by molar-refractivity contribution is 9.10. The van der Waals surface area contributed by atoms with Crippen molar-refractivity contribution in [3.63, 3.8) is 0 Å². The molecule has 0 fully saturated rings. The van der Waals surface area contributed by atoms with Gasteiger partial charge in [0.05, 0.1) is 0 Å². The summed E-state index contributed by atoms with van der Waals surface area (Å²) in [5.41, 5.74) is 0.911. The Labute approximate surface area is 111 Å². The van der Waals surface area contributed by atoms with Crippen molar-refractivity contribution in [1.82, 2.24) is 9.44 Å². The lowest BCUT2D eigenvalue weighted by molar-refractivity contribution is 0.541. The first kappa shape index (κ1) is 14.6. The summed E-state index contributed by atoms with van der Waals surface area (Å²) in [5, 5.41) is 0. The molecule has 1 unspecified atom stereocenters. The average molecular weight is 321 g/mol. The zero-order valence-electron chi connectivity index (χ0n) is 10.1. The SMILES string of the molecule is CC(C)NS(=O)(=O)NC(C)c1cccc(Br)c1. The molecule has 6 heteroatoms. The molecule has 1 aromatic carbocycles. The molecule has 17 heavy (non-hydrogen) atoms. The molecule has 0 amide bonds. The number of hydrogen-bond acceptors (Lipinski definition) is 2. The predicted molar refractivity (Wildman–Crippen MR) is 72.9 cm³/mol. The van der Waals surface area contributed by atoms with E-state index < -0.39 is 10.2 Å². The van der Waals surface area contributed by atoms with Crippen molar-refractivity contribution in [2.24, 2.45) is 0 Å². The van der Waals surface area contributed by atoms with Gasteiger partial charge in [0.2, 0.25) is 0 Å². The highest BCUT2D eigenvalue weighted by atomic mass is 79.9. The maximum absolute atomic E-state index is 11.7. The van der Waals surface area contributed by atoms with Gasteiger partial charge in [-0.25, -0.2) is 0 Å². The Kier molecular flexibility index (Phi) is 5.12. The van der Waals surface area contributed by atoms with E-state index in [4.69, 9.17) is 0 Å². The van der Waals surface area contributed by atoms with Crippen LogP contribution >= 0.6 is 15.9 Å². The molecule has 1 rings (SSSR count). The second-order valence-electron chi connectivity index (χ2n) is 4.17. The third-order valence-corrected chi connectivity index (χ3v) is 4.01. The molecule has 1 atom stereocenters. The minimum absolute atomic E-state index is 0.123. The van der Waals surface area contributed by atoms with E-state index in [1.54, 1.807) is 20.8 Å². The molecule has 0 aliphatic rings. The second-order valence-corrected chi connectivity index (χ2v) is 6.56. The van der Waals surface area contributed by atoms with Crippen LogP contribution in [0, 0.1) is 0 Å². The molecule has 0 aromatic heterocycles. The van der Waals surface area contributed by atoms with Crippen LogP contribution in [-0.4, -0.2) is 14.5 Å². The smallest absolute Gasteiger partial charge is 0.200 e. The maximum Gasteiger partial charge on any atom is 0.277 e. The summed E-state index contributed by atoms with van der Waals surface area (Å²) < 4.78 is 29.3. The molecule has 96 valence electrons. The van der Waals surface area contributed by atoms with Crippen LogP contribution < -0.4 is 9.44 Å². The third kappa shape index (κ3) is 5.16. The van der Waals surface area contributed by atoms with Crippen molar-refractivity contribution in [1.29, 1.82) is 0 Å². The molecule has 0 radical (unpaired) electrons. The maximum atomic E-state index is 11.7. The molecule has 0 heterocycles. The first-order chi connectivity index (χ1) is 7.80. The molecule has 0 saturated heterocycles. The van der Waals surface area contributed by atoms with Crippen LogP contribution in [0.4, 0.5) is 0 Å². The molecule has 0 aliphatic heterocycles. The van der Waals surface area contributed by atoms with Crippen LogP contribution in [0.5, 0.6) is 0 Å². The normalized spacial score (nSPS) is 13.9. The van der Waals surface area contributed by atoms with Crippen LogP contribution in [-0.2, 0) is 10.2 Å². The zero-order chi connectivity index (χ0) is 13.1. The fraction of sp³-hybridized carbons (Fsp3) is 0.455. The van der Waals surface area contributed by atoms with Gasteiger partial charge in [-0.1, -0.05) is 28.1 Å². The minimum atomic E-state index is -3.46. The molecule has 0 saturated carbocycles. The highest BCUT2D eigenvalue weighted by Gasteiger charge is 2.16. The first-order valence-corrected chi connectivity index (χ1v) is 7.63. The summed E-state index contributed by atoms with van der Waals surface area (Å²) in [4.78, 5) is 0. The minimum Gasteiger partial charge on any atom is -0.200 e. The van der Waals surface area contributed by atoms with Gasteiger partial charge < -0.3 is 0 Å². The van der Waals surface area contributed by atoms with E-state index in [2.05, 4.69) is 25.4 Å². The molecule has 0 aliphatic carbocycles. The predicted octanol–water partition coefficient (Wildman–Crippen LogP) is 2.34. The summed E-state index contributed by atoms with van der Waals surface area (Å²) in [6.45, 7) is 5.37. The topological polar surface area (TPSA) is 58.2 Å². The van der Waals surface area contributed by atoms with Gasteiger partial charge in [-0.05, 0) is 38.5 Å². The van der Waals surface area contributed by atoms with Gasteiger partial charge in [-0.15, -0.1) is 0 Å². The summed E-state index contributed by atoms with van der Waals surface area (Å²) >= 11 is 3.36. The summed E-state index contributed by atoms with van der Waals surface area (Å²) in [5.74, 6) is 0. The van der Waals surface area contributed by atoms with Crippen LogP contribution in [0.15, 0.2) is 28.7 Å². The Morgan fingerprint density at radius 2 is 1.82 bits per heavy atom. The molecule has 4 nitrogen and oxygen atoms in total. The number of halogens is 1. The van der Waals surface area contributed by atoms with Gasteiger partial charge in [-0.2, -0.15) is 17.9 Å². The van der Waals surface area contributed by atoms with Crippen molar-refractivity contribution in [3.8, 4) is 0 Å². The largest absolute Gasteiger partial charge is 0.277 e. The van der Waals surface area contributed by atoms with Gasteiger partial charge >= 0.3 is 0 Å². The zero-order valence-corrected chi connectivity index (χ0v) is 12.5. The fourth-order valence-electron chi connectivity index (χ4n) is 1.42. The summed E-state index contributed by atoms with van der Waals surface area (Å²) in [7, 11) is -3.46. The number of nitrogens with one attached hydrogen (secondary N) is 2. The van der Waals surface area contributed by atoms with Gasteiger partial charge in [0, 0.05) is 16.6 Å². The Morgan fingerprint density at radius 3 is 2.35 bits per heavy atom. The van der Waals surface area contributed by atoms with Crippen molar-refractivity contribution >= 4 is 26.1 Å². The summed E-state index contributed by atoms with van der Waals surface area (Å²) in [6, 6.07) is 7.15. The fourth-order valence-corrected chi connectivity index (χ4v) is 3.13. The van der Waals surface area contributed by atoms with E-state index in [1.807, 2.05) is 24.3 Å². The lowest BCUT2D eigenvalue weighted by Gasteiger charge is -2.16. The van der Waals surface area contributed by atoms with Crippen molar-refractivity contribution in [3.05, 3.63) is 34.3 Å². The van der Waals surface area contributed by atoms with E-state index in [9.17, 15) is 8.42 Å². The monoisotopic (exact) mass is 320 g/mol. The molecule has 2 N–H and O–H groups in total. The Balaban J connectivity index is 2.76. The Hall–Kier alpha value is -0.430. The van der Waals surface area contributed by atoms with Crippen LogP contribution in [0.25, 0.3) is 0 Å². The van der Waals surface area contributed by atoms with Crippen LogP contribution in [0.2, 0.25) is 0 Å². The number of hydrogen-bond donors (Lipinski definition) is 2. The lowest BCUT2D eigenvalue weighted by atomic mass is 10.1. The second kappa shape index (κ2) is 5.95. The van der Waals surface area contributed by atoms with Crippen molar-refractivity contribution < 1.29 is 8.42 Å². The van der Waals surface area contributed by atoms with Crippen molar-refractivity contribution in [2.75, 3.05) is 0 Å². The highest BCUT2D eigenvalue weighted by Crippen LogP contribution is 2.18. The van der Waals surface area contributed by atoms with Gasteiger partial charge in [-0.3, -0.25) is 0 Å². The van der Waals surface area contributed by atoms with Crippen LogP contribution in [0.1, 0.15) is 32.4 Å². The van der Waals surface area contributed by atoms with Crippen LogP contribution in [0.3, 0.4) is 0 Å². The third-order valence-electron chi connectivity index (χ3n) is 2.07. The number of rotatable bonds is 5. The van der Waals surface area contributed by atoms with Crippen molar-refractivity contribution in [2.45, 2.75) is 32.9 Å². The molecular formula is C11H17BrN2O2S. The Morgan fingerprint density at radius 1 is 1.18 bits per heavy atom. The molecule has 0 bridgehead atoms. The van der Waals surface area contributed by atoms with Gasteiger partial charge in [0.25, 0.3) is 10.2 Å². The van der Waals surface area contributed by atoms with E-state index in [0.29, 0.717) is 0 Å². The molecule has 0 spiro atoms. The first-order valence-electron chi connectivity index (χ1n) is 5.35. The van der Waals surface area contributed by atoms with E-state index in [1.165, 1.54) is 0 Å². The van der Waals surface area contributed by atoms with Gasteiger partial charge in [0.15, 0.2) is 0 Å². The summed E-state index contributed by atoms with van der Waals surface area (Å²) in [6.07, 6.45) is 0. The average Bonchev–Trinajstić information content (AvgIpc) is 2.14. The quantitative estimate of drug-likeness (QED) is 0.874. The molecular weight excluding hydrogens is 304 g/mol. The number of benzene rings is 1. The van der Waals surface area contributed by atoms with E-state index >= 15 is 0 Å². The Bertz CT molecular complexity index is 474. The lowest BCUT2D eigenvalue weighted by Crippen LogP contribution is -2.41. The van der Waals surface area contributed by atoms with E-state index in [-0.39, 0.29) is 12.1 Å². The van der Waals surface area contributed by atoms with E-state index in [0.717, 1.165) is 10.0 Å².